The molecule has 22 heavy (non-hydrogen) atoms. The molecule has 2 aromatic rings. The molecule has 0 radical (unpaired) electrons. The Labute approximate surface area is 166 Å². The van der Waals surface area contributed by atoms with Crippen LogP contribution in [0.1, 0.15) is 19.9 Å². The topological polar surface area (TPSA) is 22.5 Å². The van der Waals surface area contributed by atoms with Crippen molar-refractivity contribution in [2.24, 2.45) is 0 Å². The Hall–Kier alpha value is 0.0700. The highest BCUT2D eigenvalue weighted by molar-refractivity contribution is 5.71. The molecule has 0 spiro atoms. The van der Waals surface area contributed by atoms with Crippen molar-refractivity contribution in [2.45, 2.75) is 26.4 Å². The van der Waals surface area contributed by atoms with Crippen LogP contribution < -0.4 is 57.4 Å². The molecule has 1 aromatic heterocycles. The Balaban J connectivity index is 0.00000121. The number of imidazole rings is 1. The molecular weight excluding hydrogens is 504 g/mol. The van der Waals surface area contributed by atoms with Crippen LogP contribution in [-0.2, 0) is 11.3 Å². The molecule has 1 aliphatic heterocycles. The largest absolute Gasteiger partial charge is 1.00 e. The van der Waals surface area contributed by atoms with E-state index in [0.29, 0.717) is 6.04 Å². The number of quaternary nitrogens is 1. The van der Waals surface area contributed by atoms with Crippen LogP contribution in [0.2, 0.25) is 0 Å². The molecule has 2 heterocycles. The van der Waals surface area contributed by atoms with Gasteiger partial charge in [0.05, 0.1) is 19.3 Å². The third-order valence-corrected chi connectivity index (χ3v) is 4.20. The van der Waals surface area contributed by atoms with Crippen LogP contribution in [0.15, 0.2) is 30.6 Å². The molecule has 1 saturated heterocycles. The van der Waals surface area contributed by atoms with Crippen molar-refractivity contribution in [1.82, 2.24) is 4.57 Å². The second kappa shape index (κ2) is 9.39. The maximum atomic E-state index is 5.43. The van der Waals surface area contributed by atoms with Crippen molar-refractivity contribution in [3.8, 4) is 0 Å². The van der Waals surface area contributed by atoms with Crippen molar-refractivity contribution < 1.29 is 62.2 Å². The fourth-order valence-corrected chi connectivity index (χ4v) is 2.98. The molecule has 124 valence electrons. The van der Waals surface area contributed by atoms with E-state index in [2.05, 4.69) is 53.6 Å². The molecule has 0 bridgehead atoms. The van der Waals surface area contributed by atoms with E-state index in [9.17, 15) is 0 Å². The molecule has 0 atom stereocenters. The van der Waals surface area contributed by atoms with Gasteiger partial charge in [0.15, 0.2) is 11.0 Å². The summed E-state index contributed by atoms with van der Waals surface area (Å²) in [5.74, 6) is 0. The standard InChI is InChI=1S/C16H24N3O.2HI/c1-14(2)19-13-18(15-5-3-4-6-16(15)19)8-7-17-9-11-20-12-10-17;;/h3-6,13-14H,7-12H2,1-2H3;2*1H/q+1;;/p-1. The Morgan fingerprint density at radius 3 is 2.55 bits per heavy atom. The van der Waals surface area contributed by atoms with Gasteiger partial charge in [-0.3, -0.25) is 0 Å². The quantitative estimate of drug-likeness (QED) is 0.310. The number of nitrogens with zero attached hydrogens (tertiary/aromatic N) is 2. The lowest BCUT2D eigenvalue weighted by atomic mass is 10.3. The first-order valence-electron chi connectivity index (χ1n) is 7.66. The maximum absolute atomic E-state index is 5.43. The highest BCUT2D eigenvalue weighted by Crippen LogP contribution is 2.15. The van der Waals surface area contributed by atoms with E-state index in [4.69, 9.17) is 4.74 Å². The summed E-state index contributed by atoms with van der Waals surface area (Å²) in [4.78, 5) is 1.66. The predicted molar refractivity (Wildman–Crippen MR) is 78.9 cm³/mol. The van der Waals surface area contributed by atoms with Gasteiger partial charge >= 0.3 is 0 Å². The second-order valence-electron chi connectivity index (χ2n) is 5.91. The van der Waals surface area contributed by atoms with Crippen LogP contribution in [0.4, 0.5) is 0 Å². The van der Waals surface area contributed by atoms with Gasteiger partial charge in [0.25, 0.3) is 0 Å². The van der Waals surface area contributed by atoms with Crippen molar-refractivity contribution in [1.29, 1.82) is 0 Å². The Bertz CT molecular complexity index is 580. The molecule has 1 aromatic carbocycles. The van der Waals surface area contributed by atoms with Gasteiger partial charge in [0, 0.05) is 0 Å². The third-order valence-electron chi connectivity index (χ3n) is 4.20. The van der Waals surface area contributed by atoms with Crippen molar-refractivity contribution in [3.63, 3.8) is 0 Å². The monoisotopic (exact) mass is 529 g/mol. The summed E-state index contributed by atoms with van der Waals surface area (Å²) in [6.45, 7) is 10.8. The fourth-order valence-electron chi connectivity index (χ4n) is 2.98. The lowest BCUT2D eigenvalue weighted by molar-refractivity contribution is -0.924. The number of hydrogen-bond donors (Lipinski definition) is 1. The van der Waals surface area contributed by atoms with Gasteiger partial charge in [0.2, 0.25) is 6.33 Å². The summed E-state index contributed by atoms with van der Waals surface area (Å²) >= 11 is 0. The molecule has 3 rings (SSSR count). The van der Waals surface area contributed by atoms with Gasteiger partial charge in [-0.05, 0) is 26.0 Å². The summed E-state index contributed by atoms with van der Waals surface area (Å²) in [6.07, 6.45) is 2.27. The Morgan fingerprint density at radius 1 is 1.18 bits per heavy atom. The van der Waals surface area contributed by atoms with E-state index in [1.807, 2.05) is 0 Å². The third kappa shape index (κ3) is 4.55. The van der Waals surface area contributed by atoms with Gasteiger partial charge in [-0.2, -0.15) is 0 Å². The molecule has 4 nitrogen and oxygen atoms in total. The second-order valence-corrected chi connectivity index (χ2v) is 5.91. The molecular formula is C16H25I2N3O. The Morgan fingerprint density at radius 2 is 1.86 bits per heavy atom. The van der Waals surface area contributed by atoms with Gasteiger partial charge in [-0.15, -0.1) is 0 Å². The van der Waals surface area contributed by atoms with Gasteiger partial charge < -0.3 is 57.6 Å². The summed E-state index contributed by atoms with van der Waals surface area (Å²) in [7, 11) is 0. The van der Waals surface area contributed by atoms with Crippen LogP contribution in [-0.4, -0.2) is 37.4 Å². The number of fused-ring (bicyclic) bond motifs is 1. The summed E-state index contributed by atoms with van der Waals surface area (Å²) in [5, 5.41) is 0. The zero-order chi connectivity index (χ0) is 13.9. The maximum Gasteiger partial charge on any atom is 0.245 e. The summed E-state index contributed by atoms with van der Waals surface area (Å²) in [5.41, 5.74) is 2.67. The molecule has 0 aliphatic carbocycles. The van der Waals surface area contributed by atoms with Crippen molar-refractivity contribution in [2.75, 3.05) is 32.8 Å². The van der Waals surface area contributed by atoms with Crippen molar-refractivity contribution in [3.05, 3.63) is 30.6 Å². The number of halogens is 2. The lowest BCUT2D eigenvalue weighted by Gasteiger charge is -2.22. The first-order chi connectivity index (χ1) is 9.75. The van der Waals surface area contributed by atoms with E-state index in [1.54, 1.807) is 4.90 Å². The minimum Gasteiger partial charge on any atom is -1.00 e. The average molecular weight is 529 g/mol. The minimum absolute atomic E-state index is 0. The summed E-state index contributed by atoms with van der Waals surface area (Å²) in [6, 6.07) is 9.19. The fraction of sp³-hybridized carbons (Fsp3) is 0.562. The highest BCUT2D eigenvalue weighted by atomic mass is 127. The molecule has 0 unspecified atom stereocenters. The SMILES string of the molecule is CC(C)n1c[n+](CC[NH+]2CCOCC2)c2ccccc21.[I-].[I-]. The van der Waals surface area contributed by atoms with E-state index in [-0.39, 0.29) is 48.0 Å². The zero-order valence-electron chi connectivity index (χ0n) is 13.3. The van der Waals surface area contributed by atoms with Crippen LogP contribution in [0.3, 0.4) is 0 Å². The van der Waals surface area contributed by atoms with Crippen LogP contribution in [0.25, 0.3) is 11.0 Å². The molecule has 0 saturated carbocycles. The van der Waals surface area contributed by atoms with E-state index in [0.717, 1.165) is 32.8 Å². The highest BCUT2D eigenvalue weighted by Gasteiger charge is 2.19. The van der Waals surface area contributed by atoms with E-state index >= 15 is 0 Å². The number of nitrogens with one attached hydrogen (secondary N) is 1. The smallest absolute Gasteiger partial charge is 0.245 e. The van der Waals surface area contributed by atoms with Crippen molar-refractivity contribution >= 4 is 11.0 Å². The number of morpholine rings is 1. The average Bonchev–Trinajstić information content (AvgIpc) is 2.85. The minimum atomic E-state index is 0. The lowest BCUT2D eigenvalue weighted by Crippen LogP contribution is -3.14. The molecule has 6 heteroatoms. The van der Waals surface area contributed by atoms with Crippen LogP contribution >= 0.6 is 0 Å². The number of para-hydroxylation sites is 2. The normalized spacial score (nSPS) is 15.6. The molecule has 1 fully saturated rings. The number of ether oxygens (including phenoxy) is 1. The number of hydrogen-bond acceptors (Lipinski definition) is 1. The molecule has 0 amide bonds. The van der Waals surface area contributed by atoms with Crippen LogP contribution in [0.5, 0.6) is 0 Å². The van der Waals surface area contributed by atoms with E-state index < -0.39 is 0 Å². The number of rotatable bonds is 4. The van der Waals surface area contributed by atoms with E-state index in [1.165, 1.54) is 17.6 Å². The van der Waals surface area contributed by atoms with Gasteiger partial charge in [0.1, 0.15) is 26.2 Å². The number of aromatic nitrogens is 2. The van der Waals surface area contributed by atoms with Crippen LogP contribution in [0, 0.1) is 0 Å². The first kappa shape index (κ1) is 20.1. The van der Waals surface area contributed by atoms with Gasteiger partial charge in [-0.1, -0.05) is 12.1 Å². The first-order valence-corrected chi connectivity index (χ1v) is 7.66. The Kier molecular flexibility index (Phi) is 8.58. The zero-order valence-corrected chi connectivity index (χ0v) is 17.6. The predicted octanol–water partition coefficient (Wildman–Crippen LogP) is -5.57. The molecule has 1 aliphatic rings. The summed E-state index contributed by atoms with van der Waals surface area (Å²) < 4.78 is 10.2. The van der Waals surface area contributed by atoms with Gasteiger partial charge in [-0.25, -0.2) is 9.13 Å². The molecule has 1 N–H and O–H groups in total. The number of benzene rings is 1.